The lowest BCUT2D eigenvalue weighted by atomic mass is 10.1. The van der Waals surface area contributed by atoms with Crippen LogP contribution in [0.25, 0.3) is 5.69 Å². The van der Waals surface area contributed by atoms with Crippen molar-refractivity contribution in [3.8, 4) is 5.69 Å². The predicted octanol–water partition coefficient (Wildman–Crippen LogP) is 2.13. The number of aromatic nitrogens is 2. The lowest BCUT2D eigenvalue weighted by molar-refractivity contribution is -0.136. The molecule has 0 bridgehead atoms. The summed E-state index contributed by atoms with van der Waals surface area (Å²) in [7, 11) is 0. The Bertz CT molecular complexity index is 720. The van der Waals surface area contributed by atoms with Gasteiger partial charge < -0.3 is 5.11 Å². The topological polar surface area (TPSA) is 72.2 Å². The molecule has 0 spiro atoms. The molecule has 1 aromatic carbocycles. The summed E-state index contributed by atoms with van der Waals surface area (Å²) in [5.74, 6) is -0.959. The van der Waals surface area contributed by atoms with Crippen molar-refractivity contribution in [1.29, 1.82) is 0 Å². The van der Waals surface area contributed by atoms with Crippen LogP contribution in [0.1, 0.15) is 17.0 Å². The summed E-state index contributed by atoms with van der Waals surface area (Å²) < 4.78 is 1.39. The minimum atomic E-state index is -0.959. The molecule has 0 saturated carbocycles. The smallest absolute Gasteiger partial charge is 0.352 e. The molecule has 1 aromatic heterocycles. The summed E-state index contributed by atoms with van der Waals surface area (Å²) in [5.41, 5.74) is 1.74. The van der Waals surface area contributed by atoms with E-state index in [1.54, 1.807) is 38.1 Å². The number of nitrogens with zero attached hydrogens (tertiary/aromatic N) is 2. The Hall–Kier alpha value is -2.14. The molecule has 0 atom stereocenters. The van der Waals surface area contributed by atoms with Crippen molar-refractivity contribution in [1.82, 2.24) is 9.55 Å². The third kappa shape index (κ3) is 2.72. The lowest BCUT2D eigenvalue weighted by Crippen LogP contribution is -2.27. The van der Waals surface area contributed by atoms with Gasteiger partial charge in [0.05, 0.1) is 12.1 Å². The van der Waals surface area contributed by atoms with Gasteiger partial charge in [-0.2, -0.15) is 4.98 Å². The molecular formula is C14H13ClN2O3. The largest absolute Gasteiger partial charge is 0.481 e. The number of carbonyl (C=O) groups is 1. The highest BCUT2D eigenvalue weighted by Gasteiger charge is 2.15. The molecule has 20 heavy (non-hydrogen) atoms. The first-order valence-corrected chi connectivity index (χ1v) is 6.35. The fraction of sp³-hybridized carbons (Fsp3) is 0.214. The minimum absolute atomic E-state index is 0.168. The highest BCUT2D eigenvalue weighted by molar-refractivity contribution is 6.30. The number of benzene rings is 1. The van der Waals surface area contributed by atoms with Gasteiger partial charge in [0.15, 0.2) is 0 Å². The number of aryl methyl sites for hydroxylation is 1. The first-order chi connectivity index (χ1) is 9.40. The van der Waals surface area contributed by atoms with Gasteiger partial charge in [0.25, 0.3) is 0 Å². The summed E-state index contributed by atoms with van der Waals surface area (Å²) >= 11 is 5.82. The first kappa shape index (κ1) is 14.3. The number of rotatable bonds is 3. The maximum Gasteiger partial charge on any atom is 0.352 e. The quantitative estimate of drug-likeness (QED) is 0.940. The summed E-state index contributed by atoms with van der Waals surface area (Å²) in [6.45, 7) is 3.35. The normalized spacial score (nSPS) is 10.6. The molecule has 6 heteroatoms. The van der Waals surface area contributed by atoms with Crippen molar-refractivity contribution in [2.24, 2.45) is 0 Å². The fourth-order valence-corrected chi connectivity index (χ4v) is 2.23. The van der Waals surface area contributed by atoms with Crippen molar-refractivity contribution in [3.05, 3.63) is 56.7 Å². The Labute approximate surface area is 120 Å². The number of halogens is 1. The van der Waals surface area contributed by atoms with Gasteiger partial charge in [-0.25, -0.2) is 4.79 Å². The molecule has 0 aliphatic rings. The molecule has 0 radical (unpaired) electrons. The Morgan fingerprint density at radius 2 is 1.90 bits per heavy atom. The van der Waals surface area contributed by atoms with E-state index in [4.69, 9.17) is 16.7 Å². The summed E-state index contributed by atoms with van der Waals surface area (Å²) in [6, 6.07) is 6.72. The Morgan fingerprint density at radius 3 is 2.45 bits per heavy atom. The number of hydrogen-bond acceptors (Lipinski definition) is 3. The van der Waals surface area contributed by atoms with Gasteiger partial charge in [0.1, 0.15) is 0 Å². The molecule has 0 fully saturated rings. The van der Waals surface area contributed by atoms with Crippen LogP contribution in [-0.2, 0) is 11.2 Å². The Balaban J connectivity index is 2.67. The maximum absolute atomic E-state index is 12.1. The Kier molecular flexibility index (Phi) is 3.90. The van der Waals surface area contributed by atoms with E-state index in [0.717, 1.165) is 0 Å². The molecule has 1 N–H and O–H groups in total. The molecule has 2 rings (SSSR count). The van der Waals surface area contributed by atoms with E-state index < -0.39 is 11.7 Å². The third-order valence-corrected chi connectivity index (χ3v) is 3.33. The van der Waals surface area contributed by atoms with Gasteiger partial charge in [-0.3, -0.25) is 9.36 Å². The lowest BCUT2D eigenvalue weighted by Gasteiger charge is -2.14. The van der Waals surface area contributed by atoms with Gasteiger partial charge in [-0.15, -0.1) is 0 Å². The second kappa shape index (κ2) is 5.46. The van der Waals surface area contributed by atoms with Crippen LogP contribution in [-0.4, -0.2) is 20.6 Å². The zero-order chi connectivity index (χ0) is 14.9. The van der Waals surface area contributed by atoms with E-state index in [-0.39, 0.29) is 6.42 Å². The van der Waals surface area contributed by atoms with Crippen molar-refractivity contribution >= 4 is 17.6 Å². The second-order valence-electron chi connectivity index (χ2n) is 4.43. The van der Waals surface area contributed by atoms with Crippen molar-refractivity contribution < 1.29 is 9.90 Å². The van der Waals surface area contributed by atoms with Crippen LogP contribution < -0.4 is 5.69 Å². The SMILES string of the molecule is Cc1nc(=O)n(-c2ccc(Cl)cc2)c(C)c1CC(=O)O. The average Bonchev–Trinajstić information content (AvgIpc) is 2.36. The Morgan fingerprint density at radius 1 is 1.30 bits per heavy atom. The van der Waals surface area contributed by atoms with Crippen molar-refractivity contribution in [2.75, 3.05) is 0 Å². The van der Waals surface area contributed by atoms with Crippen LogP contribution in [0.5, 0.6) is 0 Å². The van der Waals surface area contributed by atoms with E-state index >= 15 is 0 Å². The van der Waals surface area contributed by atoms with E-state index in [1.165, 1.54) is 4.57 Å². The average molecular weight is 293 g/mol. The first-order valence-electron chi connectivity index (χ1n) is 5.97. The highest BCUT2D eigenvalue weighted by Crippen LogP contribution is 2.17. The summed E-state index contributed by atoms with van der Waals surface area (Å²) in [5, 5.41) is 9.51. The number of carboxylic acids is 1. The minimum Gasteiger partial charge on any atom is -0.481 e. The molecule has 0 saturated heterocycles. The van der Waals surface area contributed by atoms with Crippen LogP contribution in [0.15, 0.2) is 29.1 Å². The standard InChI is InChI=1S/C14H13ClN2O3/c1-8-12(7-13(18)19)9(2)17(14(20)16-8)11-5-3-10(15)4-6-11/h3-6H,7H2,1-2H3,(H,18,19). The number of hydrogen-bond donors (Lipinski definition) is 1. The van der Waals surface area contributed by atoms with Crippen LogP contribution in [0, 0.1) is 13.8 Å². The van der Waals surface area contributed by atoms with Gasteiger partial charge in [0, 0.05) is 22.0 Å². The van der Waals surface area contributed by atoms with Crippen LogP contribution in [0.4, 0.5) is 0 Å². The number of carboxylic acid groups (broad SMARTS) is 1. The van der Waals surface area contributed by atoms with Gasteiger partial charge in [-0.05, 0) is 38.1 Å². The molecule has 5 nitrogen and oxygen atoms in total. The zero-order valence-corrected chi connectivity index (χ0v) is 11.8. The summed E-state index contributed by atoms with van der Waals surface area (Å²) in [4.78, 5) is 26.9. The van der Waals surface area contributed by atoms with E-state index in [2.05, 4.69) is 4.98 Å². The zero-order valence-electron chi connectivity index (χ0n) is 11.1. The molecule has 0 aliphatic carbocycles. The van der Waals surface area contributed by atoms with Crippen molar-refractivity contribution in [2.45, 2.75) is 20.3 Å². The van der Waals surface area contributed by atoms with Crippen molar-refractivity contribution in [3.63, 3.8) is 0 Å². The van der Waals surface area contributed by atoms with Gasteiger partial charge in [-0.1, -0.05) is 11.6 Å². The van der Waals surface area contributed by atoms with Gasteiger partial charge in [0.2, 0.25) is 0 Å². The second-order valence-corrected chi connectivity index (χ2v) is 4.86. The van der Waals surface area contributed by atoms with Crippen LogP contribution >= 0.6 is 11.6 Å². The van der Waals surface area contributed by atoms with E-state index in [9.17, 15) is 9.59 Å². The molecule has 104 valence electrons. The molecule has 2 aromatic rings. The van der Waals surface area contributed by atoms with E-state index in [0.29, 0.717) is 27.7 Å². The third-order valence-electron chi connectivity index (χ3n) is 3.08. The number of aliphatic carboxylic acids is 1. The molecule has 0 unspecified atom stereocenters. The molecule has 1 heterocycles. The monoisotopic (exact) mass is 292 g/mol. The van der Waals surface area contributed by atoms with Gasteiger partial charge >= 0.3 is 11.7 Å². The molecule has 0 aliphatic heterocycles. The molecule has 0 amide bonds. The van der Waals surface area contributed by atoms with E-state index in [1.807, 2.05) is 0 Å². The van der Waals surface area contributed by atoms with Crippen LogP contribution in [0.2, 0.25) is 5.02 Å². The fourth-order valence-electron chi connectivity index (χ4n) is 2.10. The molecular weight excluding hydrogens is 280 g/mol. The predicted molar refractivity (Wildman–Crippen MR) is 75.7 cm³/mol. The van der Waals surface area contributed by atoms with Crippen LogP contribution in [0.3, 0.4) is 0 Å². The maximum atomic E-state index is 12.1. The highest BCUT2D eigenvalue weighted by atomic mass is 35.5. The summed E-state index contributed by atoms with van der Waals surface area (Å²) in [6.07, 6.45) is -0.168.